The maximum Gasteiger partial charge on any atom is 0.416 e. The van der Waals surface area contributed by atoms with E-state index in [4.69, 9.17) is 9.47 Å². The van der Waals surface area contributed by atoms with Crippen LogP contribution in [0.1, 0.15) is 23.1 Å². The summed E-state index contributed by atoms with van der Waals surface area (Å²) in [6, 6.07) is 11.0. The number of rotatable bonds is 8. The highest BCUT2D eigenvalue weighted by Gasteiger charge is 2.30. The molecule has 0 spiro atoms. The second-order valence-electron chi connectivity index (χ2n) is 7.72. The van der Waals surface area contributed by atoms with E-state index in [2.05, 4.69) is 16.8 Å². The van der Waals surface area contributed by atoms with E-state index in [1.54, 1.807) is 13.2 Å². The number of methoxy groups -OCH3 is 1. The van der Waals surface area contributed by atoms with Crippen molar-refractivity contribution in [2.24, 2.45) is 0 Å². The van der Waals surface area contributed by atoms with E-state index in [-0.39, 0.29) is 6.61 Å². The van der Waals surface area contributed by atoms with Gasteiger partial charge in [0.15, 0.2) is 11.5 Å². The van der Waals surface area contributed by atoms with Crippen molar-refractivity contribution < 1.29 is 22.6 Å². The minimum Gasteiger partial charge on any atom is -0.493 e. The number of likely N-dealkylation sites (N-methyl/N-ethyl adjacent to an activating group) is 1. The summed E-state index contributed by atoms with van der Waals surface area (Å²) in [5.74, 6) is 1.12. The van der Waals surface area contributed by atoms with Crippen molar-refractivity contribution in [2.75, 3.05) is 46.9 Å². The minimum absolute atomic E-state index is 0.0467. The largest absolute Gasteiger partial charge is 0.493 e. The van der Waals surface area contributed by atoms with Crippen molar-refractivity contribution in [2.45, 2.75) is 25.6 Å². The lowest BCUT2D eigenvalue weighted by Gasteiger charge is -2.32. The molecule has 0 N–H and O–H groups in total. The highest BCUT2D eigenvalue weighted by Crippen LogP contribution is 2.31. The first-order valence-corrected chi connectivity index (χ1v) is 10.2. The number of piperazine rings is 1. The van der Waals surface area contributed by atoms with E-state index in [1.165, 1.54) is 6.07 Å². The Morgan fingerprint density at radius 1 is 0.933 bits per heavy atom. The van der Waals surface area contributed by atoms with Gasteiger partial charge in [0.25, 0.3) is 0 Å². The van der Waals surface area contributed by atoms with E-state index < -0.39 is 11.7 Å². The topological polar surface area (TPSA) is 24.9 Å². The monoisotopic (exact) mass is 422 g/mol. The van der Waals surface area contributed by atoms with Gasteiger partial charge in [-0.1, -0.05) is 18.2 Å². The molecule has 0 bridgehead atoms. The van der Waals surface area contributed by atoms with Gasteiger partial charge in [-0.05, 0) is 61.8 Å². The summed E-state index contributed by atoms with van der Waals surface area (Å²) in [4.78, 5) is 4.82. The summed E-state index contributed by atoms with van der Waals surface area (Å²) in [5.41, 5.74) is 0.921. The van der Waals surface area contributed by atoms with Crippen molar-refractivity contribution in [3.05, 3.63) is 59.2 Å². The normalized spacial score (nSPS) is 15.9. The van der Waals surface area contributed by atoms with Crippen LogP contribution in [0.3, 0.4) is 0 Å². The van der Waals surface area contributed by atoms with Gasteiger partial charge in [-0.25, -0.2) is 0 Å². The summed E-state index contributed by atoms with van der Waals surface area (Å²) in [7, 11) is 3.70. The molecule has 3 rings (SSSR count). The molecule has 0 radical (unpaired) electrons. The fourth-order valence-corrected chi connectivity index (χ4v) is 3.57. The highest BCUT2D eigenvalue weighted by atomic mass is 19.4. The summed E-state index contributed by atoms with van der Waals surface area (Å²) < 4.78 is 49.9. The molecule has 1 aliphatic heterocycles. The molecule has 2 aromatic rings. The molecule has 30 heavy (non-hydrogen) atoms. The Labute approximate surface area is 176 Å². The SMILES string of the molecule is COc1ccc(CCCN2CCN(C)CC2)cc1OCc1cccc(C(F)(F)F)c1. The zero-order valence-corrected chi connectivity index (χ0v) is 17.5. The van der Waals surface area contributed by atoms with E-state index in [9.17, 15) is 13.2 Å². The molecule has 0 amide bonds. The van der Waals surface area contributed by atoms with E-state index in [0.717, 1.165) is 63.3 Å². The molecule has 4 nitrogen and oxygen atoms in total. The lowest BCUT2D eigenvalue weighted by molar-refractivity contribution is -0.137. The van der Waals surface area contributed by atoms with Crippen LogP contribution in [0, 0.1) is 0 Å². The van der Waals surface area contributed by atoms with Crippen LogP contribution in [-0.2, 0) is 19.2 Å². The van der Waals surface area contributed by atoms with Crippen LogP contribution >= 0.6 is 0 Å². The first-order valence-electron chi connectivity index (χ1n) is 10.2. The minimum atomic E-state index is -4.36. The number of nitrogens with zero attached hydrogens (tertiary/aromatic N) is 2. The number of ether oxygens (including phenoxy) is 2. The van der Waals surface area contributed by atoms with Crippen LogP contribution in [0.4, 0.5) is 13.2 Å². The quantitative estimate of drug-likeness (QED) is 0.627. The summed E-state index contributed by atoms with van der Waals surface area (Å²) >= 11 is 0. The summed E-state index contributed by atoms with van der Waals surface area (Å²) in [5, 5.41) is 0. The van der Waals surface area contributed by atoms with Gasteiger partial charge in [-0.15, -0.1) is 0 Å². The van der Waals surface area contributed by atoms with Crippen LogP contribution in [0.15, 0.2) is 42.5 Å². The Hall–Kier alpha value is -2.25. The third-order valence-electron chi connectivity index (χ3n) is 5.41. The molecular weight excluding hydrogens is 393 g/mol. The number of hydrogen-bond donors (Lipinski definition) is 0. The fourth-order valence-electron chi connectivity index (χ4n) is 3.57. The second-order valence-corrected chi connectivity index (χ2v) is 7.72. The van der Waals surface area contributed by atoms with Crippen LogP contribution in [-0.4, -0.2) is 56.7 Å². The Morgan fingerprint density at radius 3 is 2.40 bits per heavy atom. The van der Waals surface area contributed by atoms with Gasteiger partial charge in [-0.2, -0.15) is 13.2 Å². The molecule has 1 aliphatic rings. The predicted octanol–water partition coefficient (Wildman–Crippen LogP) is 4.47. The molecule has 1 fully saturated rings. The number of alkyl halides is 3. The first kappa shape index (κ1) is 22.4. The summed E-state index contributed by atoms with van der Waals surface area (Å²) in [6.07, 6.45) is -2.41. The molecule has 0 unspecified atom stereocenters. The summed E-state index contributed by atoms with van der Waals surface area (Å²) in [6.45, 7) is 5.52. The van der Waals surface area contributed by atoms with Crippen LogP contribution in [0.5, 0.6) is 11.5 Å². The van der Waals surface area contributed by atoms with Gasteiger partial charge in [-0.3, -0.25) is 0 Å². The molecule has 1 saturated heterocycles. The highest BCUT2D eigenvalue weighted by molar-refractivity contribution is 5.43. The van der Waals surface area contributed by atoms with Gasteiger partial charge < -0.3 is 19.3 Å². The van der Waals surface area contributed by atoms with Crippen LogP contribution in [0.2, 0.25) is 0 Å². The third kappa shape index (κ3) is 6.37. The fraction of sp³-hybridized carbons (Fsp3) is 0.478. The van der Waals surface area contributed by atoms with E-state index in [1.807, 2.05) is 18.2 Å². The van der Waals surface area contributed by atoms with Crippen LogP contribution < -0.4 is 9.47 Å². The first-order chi connectivity index (χ1) is 14.3. The molecular formula is C23H29F3N2O2. The van der Waals surface area contributed by atoms with E-state index in [0.29, 0.717) is 17.1 Å². The Morgan fingerprint density at radius 2 is 1.70 bits per heavy atom. The lowest BCUT2D eigenvalue weighted by atomic mass is 10.1. The second kappa shape index (κ2) is 10.2. The maximum absolute atomic E-state index is 12.9. The van der Waals surface area contributed by atoms with Gasteiger partial charge in [0, 0.05) is 26.2 Å². The smallest absolute Gasteiger partial charge is 0.416 e. The molecule has 2 aromatic carbocycles. The van der Waals surface area contributed by atoms with E-state index >= 15 is 0 Å². The standard InChI is InChI=1S/C23H29F3N2O2/c1-27-11-13-28(14-12-27)10-4-6-18-8-9-21(29-2)22(16-18)30-17-19-5-3-7-20(15-19)23(24,25)26/h3,5,7-9,15-16H,4,6,10-14,17H2,1-2H3. The van der Waals surface area contributed by atoms with Crippen LogP contribution in [0.25, 0.3) is 0 Å². The van der Waals surface area contributed by atoms with Gasteiger partial charge in [0.1, 0.15) is 6.61 Å². The molecule has 1 heterocycles. The van der Waals surface area contributed by atoms with Crippen molar-refractivity contribution in [1.82, 2.24) is 9.80 Å². The van der Waals surface area contributed by atoms with Crippen molar-refractivity contribution in [1.29, 1.82) is 0 Å². The number of hydrogen-bond acceptors (Lipinski definition) is 4. The maximum atomic E-state index is 12.9. The Balaban J connectivity index is 1.58. The zero-order valence-electron chi connectivity index (χ0n) is 17.5. The average molecular weight is 422 g/mol. The number of halogens is 3. The zero-order chi connectivity index (χ0) is 21.6. The lowest BCUT2D eigenvalue weighted by Crippen LogP contribution is -2.44. The number of benzene rings is 2. The van der Waals surface area contributed by atoms with Crippen molar-refractivity contribution in [3.63, 3.8) is 0 Å². The van der Waals surface area contributed by atoms with Gasteiger partial charge in [0.05, 0.1) is 12.7 Å². The average Bonchev–Trinajstić information content (AvgIpc) is 2.73. The molecule has 0 aliphatic carbocycles. The predicted molar refractivity (Wildman–Crippen MR) is 111 cm³/mol. The molecule has 164 valence electrons. The molecule has 7 heteroatoms. The van der Waals surface area contributed by atoms with Crippen molar-refractivity contribution >= 4 is 0 Å². The van der Waals surface area contributed by atoms with Gasteiger partial charge in [0.2, 0.25) is 0 Å². The molecule has 0 atom stereocenters. The molecule has 0 aromatic heterocycles. The Bertz CT molecular complexity index is 818. The van der Waals surface area contributed by atoms with Gasteiger partial charge >= 0.3 is 6.18 Å². The Kier molecular flexibility index (Phi) is 7.61. The number of aryl methyl sites for hydroxylation is 1. The van der Waals surface area contributed by atoms with Crippen molar-refractivity contribution in [3.8, 4) is 11.5 Å². The molecule has 0 saturated carbocycles. The third-order valence-corrected chi connectivity index (χ3v) is 5.41.